The molecular weight excluding hydrogens is 414 g/mol. The maximum atomic E-state index is 13.2. The van der Waals surface area contributed by atoms with Crippen molar-refractivity contribution in [3.8, 4) is 11.5 Å². The quantitative estimate of drug-likeness (QED) is 0.535. The monoisotopic (exact) mass is 441 g/mol. The number of sulfone groups is 1. The molecule has 1 fully saturated rings. The van der Waals surface area contributed by atoms with Crippen molar-refractivity contribution in [1.29, 1.82) is 0 Å². The fourth-order valence-corrected chi connectivity index (χ4v) is 4.76. The van der Waals surface area contributed by atoms with Gasteiger partial charge < -0.3 is 14.5 Å². The summed E-state index contributed by atoms with van der Waals surface area (Å²) in [6.07, 6.45) is 0.853. The van der Waals surface area contributed by atoms with Crippen LogP contribution in [0, 0.1) is 6.92 Å². The van der Waals surface area contributed by atoms with E-state index in [4.69, 9.17) is 9.15 Å². The van der Waals surface area contributed by atoms with E-state index in [-0.39, 0.29) is 21.7 Å². The second-order valence-electron chi connectivity index (χ2n) is 7.57. The molecule has 1 aromatic heterocycles. The van der Waals surface area contributed by atoms with E-state index in [1.54, 1.807) is 30.3 Å². The lowest BCUT2D eigenvalue weighted by Gasteiger charge is -2.26. The number of aromatic nitrogens is 1. The molecule has 1 N–H and O–H groups in total. The normalized spacial score (nSPS) is 15.1. The van der Waals surface area contributed by atoms with E-state index in [0.29, 0.717) is 6.54 Å². The number of hydrogen-bond acceptors (Lipinski definition) is 7. The van der Waals surface area contributed by atoms with Gasteiger partial charge in [0.05, 0.1) is 18.1 Å². The molecule has 31 heavy (non-hydrogen) atoms. The largest absolute Gasteiger partial charge is 0.419 e. The van der Waals surface area contributed by atoms with Crippen LogP contribution in [0.1, 0.15) is 12.0 Å². The summed E-state index contributed by atoms with van der Waals surface area (Å²) in [5.74, 6) is 0.464. The summed E-state index contributed by atoms with van der Waals surface area (Å²) in [6.45, 7) is 6.85. The van der Waals surface area contributed by atoms with Crippen molar-refractivity contribution in [3.63, 3.8) is 0 Å². The molecule has 0 bridgehead atoms. The highest BCUT2D eigenvalue weighted by atomic mass is 32.2. The molecule has 1 aliphatic heterocycles. The van der Waals surface area contributed by atoms with Gasteiger partial charge >= 0.3 is 0 Å². The lowest BCUT2D eigenvalue weighted by molar-refractivity contribution is 0.0378. The Morgan fingerprint density at radius 3 is 2.45 bits per heavy atom. The molecule has 164 valence electrons. The first-order valence-corrected chi connectivity index (χ1v) is 11.9. The van der Waals surface area contributed by atoms with Crippen LogP contribution in [0.3, 0.4) is 0 Å². The topological polar surface area (TPSA) is 84.7 Å². The third-order valence-corrected chi connectivity index (χ3v) is 6.92. The Labute approximate surface area is 183 Å². The van der Waals surface area contributed by atoms with Crippen molar-refractivity contribution in [3.05, 3.63) is 60.2 Å². The van der Waals surface area contributed by atoms with Crippen LogP contribution in [0.15, 0.2) is 68.9 Å². The molecule has 0 saturated carbocycles. The van der Waals surface area contributed by atoms with Gasteiger partial charge in [-0.05, 0) is 44.2 Å². The standard InChI is InChI=1S/C23H27N3O4S/c1-18-8-10-19(11-9-18)21-25-23(31(27,28)20-6-3-2-4-7-20)22(30-21)24-12-5-13-26-14-16-29-17-15-26/h2-4,6-11,24H,5,12-17H2,1H3. The predicted octanol–water partition coefficient (Wildman–Crippen LogP) is 3.62. The Morgan fingerprint density at radius 2 is 1.74 bits per heavy atom. The number of aryl methyl sites for hydroxylation is 1. The highest BCUT2D eigenvalue weighted by Crippen LogP contribution is 2.32. The molecule has 7 nitrogen and oxygen atoms in total. The van der Waals surface area contributed by atoms with Crippen LogP contribution < -0.4 is 5.32 Å². The zero-order valence-corrected chi connectivity index (χ0v) is 18.4. The highest BCUT2D eigenvalue weighted by molar-refractivity contribution is 7.91. The number of nitrogens with one attached hydrogen (secondary N) is 1. The van der Waals surface area contributed by atoms with Gasteiger partial charge in [0.15, 0.2) is 0 Å². The van der Waals surface area contributed by atoms with Gasteiger partial charge in [0.1, 0.15) is 0 Å². The molecule has 2 aromatic carbocycles. The number of rotatable bonds is 8. The molecule has 4 rings (SSSR count). The Hall–Kier alpha value is -2.68. The van der Waals surface area contributed by atoms with Gasteiger partial charge in [-0.25, -0.2) is 8.42 Å². The van der Waals surface area contributed by atoms with Crippen molar-refractivity contribution in [2.45, 2.75) is 23.3 Å². The third kappa shape index (κ3) is 5.15. The molecule has 0 amide bonds. The van der Waals surface area contributed by atoms with E-state index in [0.717, 1.165) is 50.4 Å². The summed E-state index contributed by atoms with van der Waals surface area (Å²) in [4.78, 5) is 6.91. The molecule has 8 heteroatoms. The van der Waals surface area contributed by atoms with Crippen LogP contribution in [0.25, 0.3) is 11.5 Å². The first kappa shape index (κ1) is 21.5. The van der Waals surface area contributed by atoms with Gasteiger partial charge in [-0.2, -0.15) is 4.98 Å². The maximum Gasteiger partial charge on any atom is 0.233 e. The lowest BCUT2D eigenvalue weighted by Crippen LogP contribution is -2.37. The van der Waals surface area contributed by atoms with Crippen molar-refractivity contribution in [2.75, 3.05) is 44.7 Å². The summed E-state index contributed by atoms with van der Waals surface area (Å²) in [6, 6.07) is 16.0. The number of morpholine rings is 1. The van der Waals surface area contributed by atoms with Crippen molar-refractivity contribution >= 4 is 15.7 Å². The predicted molar refractivity (Wildman–Crippen MR) is 119 cm³/mol. The van der Waals surface area contributed by atoms with Crippen LogP contribution in [0.4, 0.5) is 5.88 Å². The molecular formula is C23H27N3O4S. The number of benzene rings is 2. The zero-order chi connectivity index (χ0) is 21.7. The van der Waals surface area contributed by atoms with E-state index < -0.39 is 9.84 Å². The smallest absolute Gasteiger partial charge is 0.233 e. The molecule has 0 radical (unpaired) electrons. The van der Waals surface area contributed by atoms with Gasteiger partial charge in [-0.1, -0.05) is 35.9 Å². The van der Waals surface area contributed by atoms with Gasteiger partial charge in [0, 0.05) is 25.2 Å². The Bertz CT molecular complexity index is 1090. The van der Waals surface area contributed by atoms with Crippen LogP contribution in [-0.2, 0) is 14.6 Å². The van der Waals surface area contributed by atoms with E-state index in [1.807, 2.05) is 31.2 Å². The summed E-state index contributed by atoms with van der Waals surface area (Å²) < 4.78 is 37.8. The molecule has 1 aliphatic rings. The van der Waals surface area contributed by atoms with Gasteiger partial charge in [-0.3, -0.25) is 4.90 Å². The molecule has 0 unspecified atom stereocenters. The zero-order valence-electron chi connectivity index (χ0n) is 17.6. The van der Waals surface area contributed by atoms with E-state index in [1.165, 1.54) is 0 Å². The number of hydrogen-bond donors (Lipinski definition) is 1. The molecule has 1 saturated heterocycles. The average Bonchev–Trinajstić information content (AvgIpc) is 3.24. The maximum absolute atomic E-state index is 13.2. The Balaban J connectivity index is 1.57. The summed E-state index contributed by atoms with van der Waals surface area (Å²) in [5.41, 5.74) is 1.84. The first-order valence-electron chi connectivity index (χ1n) is 10.5. The van der Waals surface area contributed by atoms with Crippen molar-refractivity contribution in [1.82, 2.24) is 9.88 Å². The number of oxazole rings is 1. The summed E-state index contributed by atoms with van der Waals surface area (Å²) in [5, 5.41) is 3.08. The molecule has 0 spiro atoms. The number of nitrogens with zero attached hydrogens (tertiary/aromatic N) is 2. The van der Waals surface area contributed by atoms with E-state index in [9.17, 15) is 8.42 Å². The fraction of sp³-hybridized carbons (Fsp3) is 0.348. The van der Waals surface area contributed by atoms with Gasteiger partial charge in [-0.15, -0.1) is 0 Å². The third-order valence-electron chi connectivity index (χ3n) is 5.24. The van der Waals surface area contributed by atoms with Crippen molar-refractivity contribution < 1.29 is 17.6 Å². The minimum Gasteiger partial charge on any atom is -0.419 e. The molecule has 0 atom stereocenters. The average molecular weight is 442 g/mol. The Morgan fingerprint density at radius 1 is 1.03 bits per heavy atom. The number of anilines is 1. The summed E-state index contributed by atoms with van der Waals surface area (Å²) >= 11 is 0. The second-order valence-corrected chi connectivity index (χ2v) is 9.44. The van der Waals surface area contributed by atoms with Crippen LogP contribution in [0.2, 0.25) is 0 Å². The van der Waals surface area contributed by atoms with Crippen molar-refractivity contribution in [2.24, 2.45) is 0 Å². The minimum absolute atomic E-state index is 0.0827. The van der Waals surface area contributed by atoms with E-state index in [2.05, 4.69) is 15.2 Å². The molecule has 2 heterocycles. The Kier molecular flexibility index (Phi) is 6.70. The highest BCUT2D eigenvalue weighted by Gasteiger charge is 2.28. The second kappa shape index (κ2) is 9.64. The fourth-order valence-electron chi connectivity index (χ4n) is 3.46. The van der Waals surface area contributed by atoms with E-state index >= 15 is 0 Å². The first-order chi connectivity index (χ1) is 15.0. The molecule has 3 aromatic rings. The van der Waals surface area contributed by atoms with Crippen LogP contribution >= 0.6 is 0 Å². The minimum atomic E-state index is -3.82. The molecule has 0 aliphatic carbocycles. The lowest BCUT2D eigenvalue weighted by atomic mass is 10.1. The van der Waals surface area contributed by atoms with Crippen LogP contribution in [-0.4, -0.2) is 57.7 Å². The SMILES string of the molecule is Cc1ccc(-c2nc(S(=O)(=O)c3ccccc3)c(NCCCN3CCOCC3)o2)cc1. The van der Waals surface area contributed by atoms with Crippen LogP contribution in [0.5, 0.6) is 0 Å². The van der Waals surface area contributed by atoms with Gasteiger partial charge in [0.2, 0.25) is 26.6 Å². The van der Waals surface area contributed by atoms with Gasteiger partial charge in [0.25, 0.3) is 0 Å². The number of ether oxygens (including phenoxy) is 1. The summed E-state index contributed by atoms with van der Waals surface area (Å²) in [7, 11) is -3.82.